The fourth-order valence-electron chi connectivity index (χ4n) is 3.08. The second-order valence-corrected chi connectivity index (χ2v) is 6.98. The van der Waals surface area contributed by atoms with Crippen molar-refractivity contribution >= 4 is 40.8 Å². The third kappa shape index (κ3) is 3.53. The molecule has 146 valence electrons. The van der Waals surface area contributed by atoms with E-state index in [-0.39, 0.29) is 17.9 Å². The van der Waals surface area contributed by atoms with Gasteiger partial charge >= 0.3 is 5.97 Å². The number of halogens is 1. The molecule has 0 radical (unpaired) electrons. The summed E-state index contributed by atoms with van der Waals surface area (Å²) in [5, 5.41) is 12.6. The van der Waals surface area contributed by atoms with Crippen LogP contribution in [-0.2, 0) is 9.59 Å². The zero-order valence-corrected chi connectivity index (χ0v) is 16.3. The van der Waals surface area contributed by atoms with E-state index < -0.39 is 17.9 Å². The molecular formula is C20H19ClN2O5. The van der Waals surface area contributed by atoms with Gasteiger partial charge in [-0.15, -0.1) is 0 Å². The molecule has 7 nitrogen and oxygen atoms in total. The molecule has 0 saturated carbocycles. The van der Waals surface area contributed by atoms with Gasteiger partial charge in [0.05, 0.1) is 24.8 Å². The maximum absolute atomic E-state index is 13.0. The zero-order valence-electron chi connectivity index (χ0n) is 15.6. The first-order valence-corrected chi connectivity index (χ1v) is 8.92. The summed E-state index contributed by atoms with van der Waals surface area (Å²) < 4.78 is 5.29. The van der Waals surface area contributed by atoms with Gasteiger partial charge in [-0.1, -0.05) is 17.7 Å². The summed E-state index contributed by atoms with van der Waals surface area (Å²) >= 11 is 6.11. The molecule has 28 heavy (non-hydrogen) atoms. The van der Waals surface area contributed by atoms with Crippen molar-refractivity contribution in [2.75, 3.05) is 17.3 Å². The molecule has 1 heterocycles. The molecule has 2 aromatic carbocycles. The lowest BCUT2D eigenvalue weighted by Gasteiger charge is -2.20. The fourth-order valence-corrected chi connectivity index (χ4v) is 3.24. The second kappa shape index (κ2) is 7.52. The summed E-state index contributed by atoms with van der Waals surface area (Å²) in [6.45, 7) is 3.56. The number of rotatable bonds is 5. The highest BCUT2D eigenvalue weighted by molar-refractivity contribution is 6.32. The van der Waals surface area contributed by atoms with Gasteiger partial charge in [0, 0.05) is 16.8 Å². The predicted octanol–water partition coefficient (Wildman–Crippen LogP) is 3.41. The number of carboxylic acid groups (broad SMARTS) is 1. The number of benzene rings is 2. The van der Waals surface area contributed by atoms with Crippen molar-refractivity contribution in [2.24, 2.45) is 0 Å². The van der Waals surface area contributed by atoms with Crippen molar-refractivity contribution < 1.29 is 24.2 Å². The number of carbonyl (C=O) groups excluding carboxylic acids is 2. The van der Waals surface area contributed by atoms with Gasteiger partial charge in [0.2, 0.25) is 5.91 Å². The van der Waals surface area contributed by atoms with Crippen LogP contribution in [0.5, 0.6) is 5.75 Å². The molecule has 0 aliphatic carbocycles. The first kappa shape index (κ1) is 19.7. The van der Waals surface area contributed by atoms with Gasteiger partial charge in [-0.3, -0.25) is 9.59 Å². The van der Waals surface area contributed by atoms with Crippen LogP contribution in [-0.4, -0.2) is 36.0 Å². The number of aryl methyl sites for hydroxylation is 2. The minimum atomic E-state index is -1.07. The van der Waals surface area contributed by atoms with Crippen molar-refractivity contribution in [3.05, 3.63) is 52.0 Å². The van der Waals surface area contributed by atoms with E-state index in [1.165, 1.54) is 19.2 Å². The molecule has 3 rings (SSSR count). The van der Waals surface area contributed by atoms with Gasteiger partial charge in [-0.2, -0.15) is 0 Å². The quantitative estimate of drug-likeness (QED) is 0.744. The van der Waals surface area contributed by atoms with Crippen LogP contribution >= 0.6 is 11.6 Å². The summed E-state index contributed by atoms with van der Waals surface area (Å²) in [4.78, 5) is 37.8. The number of carbonyl (C=O) groups is 3. The normalized spacial score (nSPS) is 16.4. The third-order valence-electron chi connectivity index (χ3n) is 4.66. The Kier molecular flexibility index (Phi) is 5.29. The highest BCUT2D eigenvalue weighted by atomic mass is 35.5. The monoisotopic (exact) mass is 402 g/mol. The average molecular weight is 403 g/mol. The van der Waals surface area contributed by atoms with Gasteiger partial charge in [0.25, 0.3) is 5.91 Å². The molecule has 1 saturated heterocycles. The maximum Gasteiger partial charge on any atom is 0.335 e. The van der Waals surface area contributed by atoms with E-state index in [2.05, 4.69) is 5.32 Å². The Balaban J connectivity index is 1.92. The highest BCUT2D eigenvalue weighted by Crippen LogP contribution is 2.37. The van der Waals surface area contributed by atoms with E-state index in [0.717, 1.165) is 10.5 Å². The number of imide groups is 1. The van der Waals surface area contributed by atoms with Gasteiger partial charge in [-0.25, -0.2) is 9.69 Å². The second-order valence-electron chi connectivity index (χ2n) is 6.58. The molecule has 0 bridgehead atoms. The molecule has 0 spiro atoms. The van der Waals surface area contributed by atoms with Gasteiger partial charge in [0.15, 0.2) is 0 Å². The van der Waals surface area contributed by atoms with E-state index in [1.807, 2.05) is 0 Å². The molecular weight excluding hydrogens is 384 g/mol. The summed E-state index contributed by atoms with van der Waals surface area (Å²) in [5.74, 6) is -1.57. The lowest BCUT2D eigenvalue weighted by atomic mass is 10.1. The number of hydrogen-bond acceptors (Lipinski definition) is 5. The van der Waals surface area contributed by atoms with Crippen LogP contribution in [0, 0.1) is 13.8 Å². The molecule has 1 aliphatic rings. The third-order valence-corrected chi connectivity index (χ3v) is 5.07. The van der Waals surface area contributed by atoms with Crippen molar-refractivity contribution in [1.82, 2.24) is 0 Å². The van der Waals surface area contributed by atoms with E-state index in [4.69, 9.17) is 16.3 Å². The number of carboxylic acids is 1. The average Bonchev–Trinajstić information content (AvgIpc) is 2.92. The number of anilines is 2. The Morgan fingerprint density at radius 2 is 1.93 bits per heavy atom. The minimum Gasteiger partial charge on any atom is -0.495 e. The lowest BCUT2D eigenvalue weighted by Crippen LogP contribution is -2.35. The van der Waals surface area contributed by atoms with Crippen LogP contribution in [0.2, 0.25) is 5.02 Å². The molecule has 2 aromatic rings. The molecule has 1 atom stereocenters. The number of nitrogens with zero attached hydrogens (tertiary/aromatic N) is 1. The van der Waals surface area contributed by atoms with Crippen LogP contribution in [0.1, 0.15) is 27.9 Å². The van der Waals surface area contributed by atoms with Crippen molar-refractivity contribution in [3.63, 3.8) is 0 Å². The van der Waals surface area contributed by atoms with Gasteiger partial charge < -0.3 is 15.2 Å². The van der Waals surface area contributed by atoms with Crippen molar-refractivity contribution in [3.8, 4) is 5.75 Å². The number of hydrogen-bond donors (Lipinski definition) is 2. The van der Waals surface area contributed by atoms with Crippen LogP contribution in [0.3, 0.4) is 0 Å². The summed E-state index contributed by atoms with van der Waals surface area (Å²) in [5.41, 5.74) is 2.40. The van der Waals surface area contributed by atoms with Gasteiger partial charge in [-0.05, 0) is 43.2 Å². The number of amides is 2. The zero-order chi connectivity index (χ0) is 20.6. The molecule has 2 N–H and O–H groups in total. The Hall–Kier alpha value is -3.06. The van der Waals surface area contributed by atoms with E-state index in [9.17, 15) is 19.5 Å². The maximum atomic E-state index is 13.0. The first-order chi connectivity index (χ1) is 13.2. The largest absolute Gasteiger partial charge is 0.495 e. The molecule has 1 aliphatic heterocycles. The fraction of sp³-hybridized carbons (Fsp3) is 0.250. The number of ether oxygens (including phenoxy) is 1. The minimum absolute atomic E-state index is 0.0552. The van der Waals surface area contributed by atoms with E-state index in [0.29, 0.717) is 27.7 Å². The molecule has 1 unspecified atom stereocenters. The van der Waals surface area contributed by atoms with Crippen LogP contribution in [0.25, 0.3) is 0 Å². The Morgan fingerprint density at radius 3 is 2.57 bits per heavy atom. The Morgan fingerprint density at radius 1 is 1.21 bits per heavy atom. The molecule has 1 fully saturated rings. The molecule has 2 amide bonds. The van der Waals surface area contributed by atoms with E-state index >= 15 is 0 Å². The highest BCUT2D eigenvalue weighted by Gasteiger charge is 2.41. The van der Waals surface area contributed by atoms with Crippen molar-refractivity contribution in [1.29, 1.82) is 0 Å². The van der Waals surface area contributed by atoms with Crippen molar-refractivity contribution in [2.45, 2.75) is 26.3 Å². The van der Waals surface area contributed by atoms with Crippen LogP contribution < -0.4 is 15.0 Å². The summed E-state index contributed by atoms with van der Waals surface area (Å²) in [6, 6.07) is 6.97. The smallest absolute Gasteiger partial charge is 0.335 e. The lowest BCUT2D eigenvalue weighted by molar-refractivity contribution is -0.121. The van der Waals surface area contributed by atoms with E-state index in [1.54, 1.807) is 32.0 Å². The van der Waals surface area contributed by atoms with Crippen LogP contribution in [0.4, 0.5) is 11.4 Å². The SMILES string of the molecule is COc1cc(Cl)c(C)cc1N1C(=O)CC(Nc2cc(C(=O)O)ccc2C)C1=O. The molecule has 0 aromatic heterocycles. The number of nitrogens with one attached hydrogen (secondary N) is 1. The van der Waals surface area contributed by atoms with Crippen LogP contribution in [0.15, 0.2) is 30.3 Å². The Labute approximate surface area is 166 Å². The predicted molar refractivity (Wildman–Crippen MR) is 105 cm³/mol. The van der Waals surface area contributed by atoms with Gasteiger partial charge in [0.1, 0.15) is 11.8 Å². The summed E-state index contributed by atoms with van der Waals surface area (Å²) in [6.07, 6.45) is -0.0552. The first-order valence-electron chi connectivity index (χ1n) is 8.54. The molecule has 8 heteroatoms. The topological polar surface area (TPSA) is 95.9 Å². The number of aromatic carboxylic acids is 1. The summed E-state index contributed by atoms with van der Waals surface area (Å²) in [7, 11) is 1.44. The number of methoxy groups -OCH3 is 1. The standard InChI is InChI=1S/C20H19ClN2O5/c1-10-4-5-12(20(26)27)7-14(10)22-15-9-18(24)23(19(15)25)16-6-11(2)13(21)8-17(16)28-3/h4-8,15,22H,9H2,1-3H3,(H,26,27). The Bertz CT molecular complexity index is 989.